The number of aliphatic hydroxyl groups excluding tert-OH is 1. The van der Waals surface area contributed by atoms with E-state index in [2.05, 4.69) is 4.98 Å². The fourth-order valence-electron chi connectivity index (χ4n) is 3.97. The number of hydrogen-bond donors (Lipinski definition) is 2. The van der Waals surface area contributed by atoms with E-state index in [1.54, 1.807) is 37.3 Å². The van der Waals surface area contributed by atoms with Crippen LogP contribution in [0.3, 0.4) is 0 Å². The average molecular weight is 533 g/mol. The van der Waals surface area contributed by atoms with Crippen molar-refractivity contribution in [3.05, 3.63) is 76.0 Å². The van der Waals surface area contributed by atoms with Crippen LogP contribution in [0.15, 0.2) is 59.5 Å². The summed E-state index contributed by atoms with van der Waals surface area (Å²) in [5.41, 5.74) is 3.24. The summed E-state index contributed by atoms with van der Waals surface area (Å²) in [5.74, 6) is 0.676. The smallest absolute Gasteiger partial charge is 0.178 e. The Hall–Kier alpha value is -2.58. The van der Waals surface area contributed by atoms with Crippen LogP contribution < -0.4 is 4.74 Å². The van der Waals surface area contributed by atoms with Gasteiger partial charge in [-0.05, 0) is 43.7 Å². The van der Waals surface area contributed by atoms with Crippen molar-refractivity contribution < 1.29 is 18.3 Å². The fourth-order valence-corrected chi connectivity index (χ4v) is 5.55. The van der Waals surface area contributed by atoms with E-state index in [0.29, 0.717) is 38.2 Å². The molecular formula is C26H26Cl2N2O4S. The molecule has 0 bridgehead atoms. The minimum Gasteiger partial charge on any atom is -0.490 e. The normalized spacial score (nSPS) is 12.9. The second-order valence-corrected chi connectivity index (χ2v) is 11.5. The maximum absolute atomic E-state index is 12.1. The first-order valence-electron chi connectivity index (χ1n) is 11.2. The number of imidazole rings is 1. The van der Waals surface area contributed by atoms with Gasteiger partial charge in [0.2, 0.25) is 0 Å². The number of aromatic nitrogens is 2. The summed E-state index contributed by atoms with van der Waals surface area (Å²) in [6.07, 6.45) is -0.0292. The van der Waals surface area contributed by atoms with Crippen LogP contribution in [-0.2, 0) is 9.84 Å². The summed E-state index contributed by atoms with van der Waals surface area (Å²) in [4.78, 5) is 8.16. The highest BCUT2D eigenvalue weighted by Crippen LogP contribution is 2.43. The fraction of sp³-hybridized carbons (Fsp3) is 0.269. The number of nitrogens with zero attached hydrogens (tertiary/aromatic N) is 1. The predicted molar refractivity (Wildman–Crippen MR) is 140 cm³/mol. The largest absolute Gasteiger partial charge is 0.490 e. The van der Waals surface area contributed by atoms with Crippen molar-refractivity contribution in [3.8, 4) is 16.9 Å². The van der Waals surface area contributed by atoms with Crippen LogP contribution in [0.1, 0.15) is 38.1 Å². The molecule has 0 radical (unpaired) electrons. The highest BCUT2D eigenvalue weighted by atomic mass is 35.5. The molecule has 0 aliphatic carbocycles. The van der Waals surface area contributed by atoms with E-state index in [1.807, 2.05) is 38.1 Å². The van der Waals surface area contributed by atoms with Gasteiger partial charge in [0.25, 0.3) is 0 Å². The van der Waals surface area contributed by atoms with E-state index in [1.165, 1.54) is 0 Å². The van der Waals surface area contributed by atoms with Gasteiger partial charge in [-0.15, -0.1) is 0 Å². The van der Waals surface area contributed by atoms with Gasteiger partial charge in [0.15, 0.2) is 9.84 Å². The summed E-state index contributed by atoms with van der Waals surface area (Å²) >= 11 is 13.5. The zero-order chi connectivity index (χ0) is 25.3. The lowest BCUT2D eigenvalue weighted by Gasteiger charge is -2.16. The molecular weight excluding hydrogens is 507 g/mol. The molecule has 0 aliphatic heterocycles. The van der Waals surface area contributed by atoms with E-state index in [0.717, 1.165) is 11.1 Å². The van der Waals surface area contributed by atoms with E-state index >= 15 is 0 Å². The van der Waals surface area contributed by atoms with Crippen LogP contribution in [0.2, 0.25) is 10.0 Å². The summed E-state index contributed by atoms with van der Waals surface area (Å²) in [5, 5.41) is 11.0. The summed E-state index contributed by atoms with van der Waals surface area (Å²) in [6.45, 7) is 5.26. The zero-order valence-corrected chi connectivity index (χ0v) is 21.9. The van der Waals surface area contributed by atoms with Crippen LogP contribution in [0.4, 0.5) is 0 Å². The van der Waals surface area contributed by atoms with Crippen molar-refractivity contribution in [2.75, 3.05) is 12.4 Å². The molecule has 0 aliphatic rings. The van der Waals surface area contributed by atoms with Gasteiger partial charge < -0.3 is 14.8 Å². The van der Waals surface area contributed by atoms with Crippen molar-refractivity contribution >= 4 is 44.1 Å². The maximum atomic E-state index is 12.1. The minimum atomic E-state index is -3.31. The number of aliphatic hydroxyl groups is 1. The second kappa shape index (κ2) is 10.2. The molecule has 6 nitrogen and oxygen atoms in total. The van der Waals surface area contributed by atoms with Crippen molar-refractivity contribution in [2.24, 2.45) is 0 Å². The zero-order valence-electron chi connectivity index (χ0n) is 19.5. The Morgan fingerprint density at radius 3 is 2.40 bits per heavy atom. The summed E-state index contributed by atoms with van der Waals surface area (Å²) in [7, 11) is -3.31. The van der Waals surface area contributed by atoms with Crippen LogP contribution in [0.5, 0.6) is 5.75 Å². The lowest BCUT2D eigenvalue weighted by molar-refractivity contribution is 0.243. The topological polar surface area (TPSA) is 92.3 Å². The molecule has 0 spiro atoms. The third-order valence-electron chi connectivity index (χ3n) is 5.74. The molecule has 1 atom stereocenters. The molecule has 0 saturated heterocycles. The molecule has 35 heavy (non-hydrogen) atoms. The number of para-hydroxylation sites is 1. The van der Waals surface area contributed by atoms with Gasteiger partial charge in [-0.3, -0.25) is 0 Å². The highest BCUT2D eigenvalue weighted by Gasteiger charge is 2.23. The lowest BCUT2D eigenvalue weighted by Crippen LogP contribution is -2.09. The number of rotatable bonds is 8. The van der Waals surface area contributed by atoms with Gasteiger partial charge in [-0.25, -0.2) is 13.4 Å². The Bertz CT molecular complexity index is 1460. The van der Waals surface area contributed by atoms with E-state index in [-0.39, 0.29) is 23.4 Å². The first-order valence-corrected chi connectivity index (χ1v) is 13.6. The van der Waals surface area contributed by atoms with E-state index < -0.39 is 15.8 Å². The van der Waals surface area contributed by atoms with Gasteiger partial charge in [0, 0.05) is 11.1 Å². The van der Waals surface area contributed by atoms with Gasteiger partial charge >= 0.3 is 0 Å². The predicted octanol–water partition coefficient (Wildman–Crippen LogP) is 6.24. The first kappa shape index (κ1) is 25.5. The molecule has 1 unspecified atom stereocenters. The number of benzene rings is 3. The van der Waals surface area contributed by atoms with Crippen molar-refractivity contribution in [1.29, 1.82) is 0 Å². The first-order chi connectivity index (χ1) is 16.7. The maximum Gasteiger partial charge on any atom is 0.178 e. The van der Waals surface area contributed by atoms with Gasteiger partial charge in [0.05, 0.1) is 44.8 Å². The number of halogens is 2. The molecule has 0 saturated carbocycles. The van der Waals surface area contributed by atoms with E-state index in [9.17, 15) is 13.5 Å². The molecule has 4 rings (SSSR count). The molecule has 0 fully saturated rings. The number of fused-ring (bicyclic) bond motifs is 1. The molecule has 1 aromatic heterocycles. The monoisotopic (exact) mass is 532 g/mol. The van der Waals surface area contributed by atoms with E-state index in [4.69, 9.17) is 32.9 Å². The summed E-state index contributed by atoms with van der Waals surface area (Å²) in [6, 6.07) is 15.8. The lowest BCUT2D eigenvalue weighted by atomic mass is 9.99. The van der Waals surface area contributed by atoms with Crippen molar-refractivity contribution in [1.82, 2.24) is 9.97 Å². The molecule has 184 valence electrons. The highest BCUT2D eigenvalue weighted by molar-refractivity contribution is 7.91. The van der Waals surface area contributed by atoms with Gasteiger partial charge in [-0.2, -0.15) is 0 Å². The Labute approximate surface area is 214 Å². The third kappa shape index (κ3) is 5.05. The SMILES string of the molecule is CCS(=O)(=O)c1ccc(C(CO)c2nc3c(Cl)c(-c4ccccc4OC(C)C)c(Cl)cc3[nH]2)cc1. The summed E-state index contributed by atoms with van der Waals surface area (Å²) < 4.78 is 30.2. The number of sulfone groups is 1. The second-order valence-electron chi connectivity index (χ2n) is 8.44. The van der Waals surface area contributed by atoms with Crippen molar-refractivity contribution in [2.45, 2.75) is 37.7 Å². The van der Waals surface area contributed by atoms with Crippen LogP contribution in [-0.4, -0.2) is 42.0 Å². The third-order valence-corrected chi connectivity index (χ3v) is 8.16. The van der Waals surface area contributed by atoms with Crippen LogP contribution >= 0.6 is 23.2 Å². The molecule has 9 heteroatoms. The van der Waals surface area contributed by atoms with Crippen LogP contribution in [0, 0.1) is 0 Å². The minimum absolute atomic E-state index is 0.0201. The Balaban J connectivity index is 1.79. The number of nitrogens with one attached hydrogen (secondary N) is 1. The standard InChI is InChI=1S/C26H26Cl2N2O4S/c1-4-35(32,33)17-11-9-16(10-12-17)19(14-31)26-29-21-13-20(27)23(24(28)25(21)30-26)18-7-5-6-8-22(18)34-15(2)3/h5-13,15,19,31H,4,14H2,1-3H3,(H,29,30). The number of hydrogen-bond acceptors (Lipinski definition) is 5. The average Bonchev–Trinajstić information content (AvgIpc) is 3.24. The molecule has 3 aromatic carbocycles. The van der Waals surface area contributed by atoms with Gasteiger partial charge in [-0.1, -0.05) is 60.5 Å². The molecule has 4 aromatic rings. The Morgan fingerprint density at radius 2 is 1.77 bits per heavy atom. The molecule has 1 heterocycles. The number of H-pyrrole nitrogens is 1. The molecule has 0 amide bonds. The van der Waals surface area contributed by atoms with Crippen molar-refractivity contribution in [3.63, 3.8) is 0 Å². The quantitative estimate of drug-likeness (QED) is 0.280. The Morgan fingerprint density at radius 1 is 1.09 bits per heavy atom. The number of aromatic amines is 1. The Kier molecular flexibility index (Phi) is 7.43. The van der Waals surface area contributed by atoms with Crippen LogP contribution in [0.25, 0.3) is 22.2 Å². The molecule has 2 N–H and O–H groups in total. The number of ether oxygens (including phenoxy) is 1. The van der Waals surface area contributed by atoms with Gasteiger partial charge in [0.1, 0.15) is 17.1 Å².